The van der Waals surface area contributed by atoms with Gasteiger partial charge in [0.2, 0.25) is 0 Å². The maximum atomic E-state index is 12.2. The van der Waals surface area contributed by atoms with E-state index < -0.39 is 0 Å². The van der Waals surface area contributed by atoms with Crippen LogP contribution in [0, 0.1) is 0 Å². The first-order valence-electron chi connectivity index (χ1n) is 7.78. The van der Waals surface area contributed by atoms with Gasteiger partial charge < -0.3 is 15.5 Å². The van der Waals surface area contributed by atoms with Gasteiger partial charge in [-0.3, -0.25) is 9.59 Å². The second-order valence-corrected chi connectivity index (χ2v) is 5.64. The van der Waals surface area contributed by atoms with E-state index in [0.29, 0.717) is 13.1 Å². The zero-order valence-electron chi connectivity index (χ0n) is 14.0. The minimum atomic E-state index is -0.304. The highest BCUT2D eigenvalue weighted by molar-refractivity contribution is 5.96. The molecule has 0 spiro atoms. The summed E-state index contributed by atoms with van der Waals surface area (Å²) in [5.41, 5.74) is 1.47. The van der Waals surface area contributed by atoms with Gasteiger partial charge in [-0.15, -0.1) is 0 Å². The average molecular weight is 326 g/mol. The number of nitrogens with zero attached hydrogens (tertiary/aromatic N) is 2. The van der Waals surface area contributed by atoms with Crippen molar-refractivity contribution in [1.82, 2.24) is 20.5 Å². The van der Waals surface area contributed by atoms with E-state index in [1.807, 2.05) is 49.3 Å². The van der Waals surface area contributed by atoms with Crippen molar-refractivity contribution in [3.05, 3.63) is 65.5 Å². The Hall–Kier alpha value is -2.73. The first-order chi connectivity index (χ1) is 11.6. The van der Waals surface area contributed by atoms with Crippen LogP contribution >= 0.6 is 0 Å². The number of hydrogen-bond acceptors (Lipinski definition) is 4. The molecule has 2 aromatic rings. The highest BCUT2D eigenvalue weighted by atomic mass is 16.2. The van der Waals surface area contributed by atoms with Gasteiger partial charge in [-0.05, 0) is 31.8 Å². The topological polar surface area (TPSA) is 74.3 Å². The summed E-state index contributed by atoms with van der Waals surface area (Å²) in [6, 6.07) is 14.5. The number of pyridine rings is 1. The molecule has 1 aromatic carbocycles. The second-order valence-electron chi connectivity index (χ2n) is 5.64. The largest absolute Gasteiger partial charge is 0.349 e. The molecule has 2 rings (SSSR count). The number of amides is 2. The van der Waals surface area contributed by atoms with E-state index in [1.54, 1.807) is 18.2 Å². The van der Waals surface area contributed by atoms with E-state index in [1.165, 1.54) is 0 Å². The fourth-order valence-corrected chi connectivity index (χ4v) is 2.04. The Balaban J connectivity index is 1.93. The number of benzene rings is 1. The van der Waals surface area contributed by atoms with Gasteiger partial charge in [-0.25, -0.2) is 4.98 Å². The van der Waals surface area contributed by atoms with Crippen molar-refractivity contribution in [2.45, 2.75) is 6.54 Å². The lowest BCUT2D eigenvalue weighted by Crippen LogP contribution is -2.32. The van der Waals surface area contributed by atoms with Crippen molar-refractivity contribution in [2.75, 3.05) is 27.2 Å². The molecular weight excluding hydrogens is 304 g/mol. The van der Waals surface area contributed by atoms with E-state index in [2.05, 4.69) is 15.6 Å². The van der Waals surface area contributed by atoms with Crippen LogP contribution in [0.3, 0.4) is 0 Å². The van der Waals surface area contributed by atoms with E-state index in [0.717, 1.165) is 12.1 Å². The third kappa shape index (κ3) is 5.48. The summed E-state index contributed by atoms with van der Waals surface area (Å²) in [7, 11) is 3.87. The Labute approximate surface area is 141 Å². The van der Waals surface area contributed by atoms with E-state index in [9.17, 15) is 9.59 Å². The Bertz CT molecular complexity index is 686. The Kier molecular flexibility index (Phi) is 6.45. The van der Waals surface area contributed by atoms with Gasteiger partial charge in [-0.1, -0.05) is 36.4 Å². The maximum Gasteiger partial charge on any atom is 0.270 e. The molecule has 0 aliphatic rings. The lowest BCUT2D eigenvalue weighted by molar-refractivity contribution is 0.0941. The maximum absolute atomic E-state index is 12.2. The van der Waals surface area contributed by atoms with Crippen LogP contribution in [0.4, 0.5) is 0 Å². The lowest BCUT2D eigenvalue weighted by Gasteiger charge is -2.10. The molecule has 6 nitrogen and oxygen atoms in total. The predicted octanol–water partition coefficient (Wildman–Crippen LogP) is 1.30. The van der Waals surface area contributed by atoms with Gasteiger partial charge in [0.05, 0.1) is 0 Å². The Morgan fingerprint density at radius 1 is 0.917 bits per heavy atom. The molecule has 0 aliphatic carbocycles. The quantitative estimate of drug-likeness (QED) is 0.804. The molecule has 2 amide bonds. The van der Waals surface area contributed by atoms with Crippen LogP contribution in [-0.2, 0) is 6.54 Å². The van der Waals surface area contributed by atoms with Crippen molar-refractivity contribution in [3.63, 3.8) is 0 Å². The molecule has 0 radical (unpaired) electrons. The van der Waals surface area contributed by atoms with Crippen LogP contribution in [-0.4, -0.2) is 48.9 Å². The molecule has 0 bridgehead atoms. The van der Waals surface area contributed by atoms with Gasteiger partial charge >= 0.3 is 0 Å². The van der Waals surface area contributed by atoms with Gasteiger partial charge in [0.1, 0.15) is 11.4 Å². The van der Waals surface area contributed by atoms with E-state index >= 15 is 0 Å². The monoisotopic (exact) mass is 326 g/mol. The summed E-state index contributed by atoms with van der Waals surface area (Å²) in [4.78, 5) is 30.4. The number of aromatic nitrogens is 1. The highest BCUT2D eigenvalue weighted by Gasteiger charge is 2.12. The molecular formula is C18H22N4O2. The van der Waals surface area contributed by atoms with Crippen molar-refractivity contribution >= 4 is 11.8 Å². The molecule has 1 aromatic heterocycles. The first kappa shape index (κ1) is 17.6. The summed E-state index contributed by atoms with van der Waals surface area (Å²) in [6.07, 6.45) is 0. The molecule has 0 aliphatic heterocycles. The second kappa shape index (κ2) is 8.79. The van der Waals surface area contributed by atoms with Gasteiger partial charge in [0.25, 0.3) is 11.8 Å². The Morgan fingerprint density at radius 2 is 1.54 bits per heavy atom. The van der Waals surface area contributed by atoms with Crippen LogP contribution in [0.2, 0.25) is 0 Å². The lowest BCUT2D eigenvalue weighted by atomic mass is 10.2. The van der Waals surface area contributed by atoms with Gasteiger partial charge in [-0.2, -0.15) is 0 Å². The number of carbonyl (C=O) groups excluding carboxylic acids is 2. The van der Waals surface area contributed by atoms with Crippen molar-refractivity contribution in [1.29, 1.82) is 0 Å². The molecule has 0 saturated carbocycles. The third-order valence-corrected chi connectivity index (χ3v) is 3.35. The number of likely N-dealkylation sites (N-methyl/N-ethyl adjacent to an activating group) is 1. The van der Waals surface area contributed by atoms with E-state index in [-0.39, 0.29) is 23.2 Å². The zero-order chi connectivity index (χ0) is 17.4. The summed E-state index contributed by atoms with van der Waals surface area (Å²) >= 11 is 0. The van der Waals surface area contributed by atoms with Crippen LogP contribution in [0.1, 0.15) is 26.5 Å². The third-order valence-electron chi connectivity index (χ3n) is 3.35. The molecule has 0 unspecified atom stereocenters. The molecule has 126 valence electrons. The van der Waals surface area contributed by atoms with E-state index in [4.69, 9.17) is 0 Å². The smallest absolute Gasteiger partial charge is 0.270 e. The number of nitrogens with one attached hydrogen (secondary N) is 2. The first-order valence-corrected chi connectivity index (χ1v) is 7.78. The predicted molar refractivity (Wildman–Crippen MR) is 92.7 cm³/mol. The summed E-state index contributed by atoms with van der Waals surface area (Å²) < 4.78 is 0. The van der Waals surface area contributed by atoms with Crippen LogP contribution in [0.5, 0.6) is 0 Å². The van der Waals surface area contributed by atoms with Crippen molar-refractivity contribution < 1.29 is 9.59 Å². The Morgan fingerprint density at radius 3 is 2.17 bits per heavy atom. The average Bonchev–Trinajstić information content (AvgIpc) is 2.60. The fourth-order valence-electron chi connectivity index (χ4n) is 2.04. The van der Waals surface area contributed by atoms with Gasteiger partial charge in [0.15, 0.2) is 0 Å². The minimum Gasteiger partial charge on any atom is -0.349 e. The molecule has 24 heavy (non-hydrogen) atoms. The fraction of sp³-hybridized carbons (Fsp3) is 0.278. The number of carbonyl (C=O) groups is 2. The summed E-state index contributed by atoms with van der Waals surface area (Å²) in [6.45, 7) is 1.68. The van der Waals surface area contributed by atoms with Crippen LogP contribution in [0.25, 0.3) is 0 Å². The minimum absolute atomic E-state index is 0.228. The summed E-state index contributed by atoms with van der Waals surface area (Å²) in [5, 5.41) is 5.58. The molecule has 1 heterocycles. The molecule has 0 atom stereocenters. The van der Waals surface area contributed by atoms with Crippen molar-refractivity contribution in [2.24, 2.45) is 0 Å². The highest BCUT2D eigenvalue weighted by Crippen LogP contribution is 2.02. The van der Waals surface area contributed by atoms with Gasteiger partial charge in [0, 0.05) is 19.6 Å². The summed E-state index contributed by atoms with van der Waals surface area (Å²) in [5.74, 6) is -0.587. The van der Waals surface area contributed by atoms with Crippen LogP contribution < -0.4 is 10.6 Å². The molecule has 0 saturated heterocycles. The SMILES string of the molecule is CN(C)CCNC(=O)c1cccc(C(=O)NCc2ccccc2)n1. The normalized spacial score (nSPS) is 10.5. The zero-order valence-corrected chi connectivity index (χ0v) is 14.0. The number of rotatable bonds is 7. The molecule has 0 fully saturated rings. The standard InChI is InChI=1S/C18H22N4O2/c1-22(2)12-11-19-17(23)15-9-6-10-16(21-15)18(24)20-13-14-7-4-3-5-8-14/h3-10H,11-13H2,1-2H3,(H,19,23)(H,20,24). The number of hydrogen-bond donors (Lipinski definition) is 2. The van der Waals surface area contributed by atoms with Crippen molar-refractivity contribution in [3.8, 4) is 0 Å². The van der Waals surface area contributed by atoms with Crippen LogP contribution in [0.15, 0.2) is 48.5 Å². The molecule has 6 heteroatoms. The molecule has 2 N–H and O–H groups in total.